The van der Waals surface area contributed by atoms with Crippen LogP contribution >= 0.6 is 39.3 Å². The third kappa shape index (κ3) is 3.75. The summed E-state index contributed by atoms with van der Waals surface area (Å²) in [5.74, 6) is -0.387. The predicted molar refractivity (Wildman–Crippen MR) is 81.1 cm³/mol. The third-order valence-electron chi connectivity index (χ3n) is 2.39. The lowest BCUT2D eigenvalue weighted by Crippen LogP contribution is -2.02. The lowest BCUT2D eigenvalue weighted by Gasteiger charge is -2.08. The van der Waals surface area contributed by atoms with E-state index in [4.69, 9.17) is 16.3 Å². The molecule has 0 heterocycles. The molecule has 0 saturated carbocycles. The Balaban J connectivity index is 2.34. The van der Waals surface area contributed by atoms with Gasteiger partial charge in [0.1, 0.15) is 0 Å². The fourth-order valence-corrected chi connectivity index (χ4v) is 2.84. The number of esters is 1. The topological polar surface area (TPSA) is 26.3 Å². The first-order chi connectivity index (χ1) is 9.10. The summed E-state index contributed by atoms with van der Waals surface area (Å²) in [6.45, 7) is 0. The second-order valence-corrected chi connectivity index (χ2v) is 6.16. The van der Waals surface area contributed by atoms with Crippen molar-refractivity contribution in [2.45, 2.75) is 9.79 Å². The van der Waals surface area contributed by atoms with Gasteiger partial charge in [-0.3, -0.25) is 0 Å². The monoisotopic (exact) mass is 356 g/mol. The van der Waals surface area contributed by atoms with Gasteiger partial charge in [-0.1, -0.05) is 39.3 Å². The van der Waals surface area contributed by atoms with Gasteiger partial charge in [0.05, 0.1) is 12.7 Å². The van der Waals surface area contributed by atoms with Crippen LogP contribution in [0.4, 0.5) is 0 Å². The van der Waals surface area contributed by atoms with Gasteiger partial charge in [0.25, 0.3) is 0 Å². The van der Waals surface area contributed by atoms with E-state index >= 15 is 0 Å². The van der Waals surface area contributed by atoms with Crippen molar-refractivity contribution in [1.82, 2.24) is 0 Å². The van der Waals surface area contributed by atoms with E-state index in [0.717, 1.165) is 14.3 Å². The molecule has 0 unspecified atom stereocenters. The molecule has 0 aromatic heterocycles. The minimum Gasteiger partial charge on any atom is -0.465 e. The molecule has 19 heavy (non-hydrogen) atoms. The molecule has 0 N–H and O–H groups in total. The number of hydrogen-bond acceptors (Lipinski definition) is 3. The van der Waals surface area contributed by atoms with E-state index in [9.17, 15) is 4.79 Å². The van der Waals surface area contributed by atoms with Crippen LogP contribution in [0.3, 0.4) is 0 Å². The lowest BCUT2D eigenvalue weighted by molar-refractivity contribution is 0.0597. The fourth-order valence-electron chi connectivity index (χ4n) is 1.49. The van der Waals surface area contributed by atoms with E-state index in [1.54, 1.807) is 12.1 Å². The maximum Gasteiger partial charge on any atom is 0.339 e. The standard InChI is InChI=1S/C14H10BrClO2S/c1-18-14(17)12-8-10(16)4-7-13(12)19-11-5-2-9(15)3-6-11/h2-8H,1H3. The Morgan fingerprint density at radius 2 is 1.89 bits per heavy atom. The molecule has 2 aromatic carbocycles. The van der Waals surface area contributed by atoms with Crippen LogP contribution < -0.4 is 0 Å². The van der Waals surface area contributed by atoms with E-state index in [-0.39, 0.29) is 5.97 Å². The van der Waals surface area contributed by atoms with Crippen molar-refractivity contribution in [3.05, 3.63) is 57.5 Å². The normalized spacial score (nSPS) is 10.3. The van der Waals surface area contributed by atoms with Crippen LogP contribution in [0.5, 0.6) is 0 Å². The van der Waals surface area contributed by atoms with Gasteiger partial charge in [0, 0.05) is 19.3 Å². The summed E-state index contributed by atoms with van der Waals surface area (Å²) in [6.07, 6.45) is 0. The molecule has 0 amide bonds. The summed E-state index contributed by atoms with van der Waals surface area (Å²) in [5.41, 5.74) is 0.475. The second kappa shape index (κ2) is 6.46. The first kappa shape index (κ1) is 14.4. The maximum atomic E-state index is 11.7. The van der Waals surface area contributed by atoms with Crippen LogP contribution in [0.1, 0.15) is 10.4 Å². The maximum absolute atomic E-state index is 11.7. The molecular formula is C14H10BrClO2S. The predicted octanol–water partition coefficient (Wildman–Crippen LogP) is 5.04. The molecule has 0 bridgehead atoms. The Kier molecular flexibility index (Phi) is 4.91. The highest BCUT2D eigenvalue weighted by atomic mass is 79.9. The lowest BCUT2D eigenvalue weighted by atomic mass is 10.2. The average Bonchev–Trinajstić information content (AvgIpc) is 2.42. The van der Waals surface area contributed by atoms with Gasteiger partial charge in [-0.05, 0) is 42.5 Å². The zero-order chi connectivity index (χ0) is 13.8. The van der Waals surface area contributed by atoms with Crippen molar-refractivity contribution >= 4 is 45.3 Å². The Hall–Kier alpha value is -0.970. The zero-order valence-electron chi connectivity index (χ0n) is 10.0. The van der Waals surface area contributed by atoms with Crippen LogP contribution in [-0.2, 0) is 4.74 Å². The molecule has 0 fully saturated rings. The van der Waals surface area contributed by atoms with Crippen molar-refractivity contribution in [2.75, 3.05) is 7.11 Å². The van der Waals surface area contributed by atoms with Crippen LogP contribution in [0, 0.1) is 0 Å². The van der Waals surface area contributed by atoms with Crippen molar-refractivity contribution in [3.63, 3.8) is 0 Å². The second-order valence-electron chi connectivity index (χ2n) is 3.69. The molecule has 5 heteroatoms. The quantitative estimate of drug-likeness (QED) is 0.720. The molecule has 0 spiro atoms. The minimum atomic E-state index is -0.387. The van der Waals surface area contributed by atoms with Crippen molar-refractivity contribution in [3.8, 4) is 0 Å². The molecule has 0 atom stereocenters. The molecule has 0 aliphatic rings. The Morgan fingerprint density at radius 3 is 2.53 bits per heavy atom. The number of carbonyl (C=O) groups excluding carboxylic acids is 1. The summed E-state index contributed by atoms with van der Waals surface area (Å²) in [4.78, 5) is 13.6. The number of methoxy groups -OCH3 is 1. The molecule has 0 radical (unpaired) electrons. The van der Waals surface area contributed by atoms with E-state index in [0.29, 0.717) is 10.6 Å². The molecule has 2 aromatic rings. The van der Waals surface area contributed by atoms with Crippen molar-refractivity contribution in [2.24, 2.45) is 0 Å². The fraction of sp³-hybridized carbons (Fsp3) is 0.0714. The molecule has 0 saturated heterocycles. The third-order valence-corrected chi connectivity index (χ3v) is 4.24. The molecule has 98 valence electrons. The zero-order valence-corrected chi connectivity index (χ0v) is 13.2. The van der Waals surface area contributed by atoms with E-state index < -0.39 is 0 Å². The first-order valence-corrected chi connectivity index (χ1v) is 7.40. The van der Waals surface area contributed by atoms with Gasteiger partial charge >= 0.3 is 5.97 Å². The summed E-state index contributed by atoms with van der Waals surface area (Å²) < 4.78 is 5.79. The first-order valence-electron chi connectivity index (χ1n) is 5.41. The highest BCUT2D eigenvalue weighted by Crippen LogP contribution is 2.33. The molecular weight excluding hydrogens is 348 g/mol. The van der Waals surface area contributed by atoms with E-state index in [1.165, 1.54) is 18.9 Å². The molecule has 2 rings (SSSR count). The van der Waals surface area contributed by atoms with Crippen LogP contribution in [0.25, 0.3) is 0 Å². The number of halogens is 2. The van der Waals surface area contributed by atoms with Gasteiger partial charge in [-0.2, -0.15) is 0 Å². The molecule has 0 aliphatic carbocycles. The summed E-state index contributed by atoms with van der Waals surface area (Å²) in [7, 11) is 1.36. The Labute approximate surface area is 129 Å². The number of ether oxygens (including phenoxy) is 1. The Morgan fingerprint density at radius 1 is 1.21 bits per heavy atom. The van der Waals surface area contributed by atoms with E-state index in [1.807, 2.05) is 30.3 Å². The smallest absolute Gasteiger partial charge is 0.339 e. The van der Waals surface area contributed by atoms with Gasteiger partial charge in [0.2, 0.25) is 0 Å². The number of hydrogen-bond donors (Lipinski definition) is 0. The summed E-state index contributed by atoms with van der Waals surface area (Å²) in [6, 6.07) is 13.1. The van der Waals surface area contributed by atoms with Crippen LogP contribution in [-0.4, -0.2) is 13.1 Å². The van der Waals surface area contributed by atoms with Crippen molar-refractivity contribution < 1.29 is 9.53 Å². The van der Waals surface area contributed by atoms with Gasteiger partial charge in [-0.25, -0.2) is 4.79 Å². The van der Waals surface area contributed by atoms with Crippen LogP contribution in [0.2, 0.25) is 5.02 Å². The van der Waals surface area contributed by atoms with E-state index in [2.05, 4.69) is 15.9 Å². The molecule has 0 aliphatic heterocycles. The Bertz CT molecular complexity index is 599. The van der Waals surface area contributed by atoms with Crippen molar-refractivity contribution in [1.29, 1.82) is 0 Å². The number of carbonyl (C=O) groups is 1. The summed E-state index contributed by atoms with van der Waals surface area (Å²) in [5, 5.41) is 0.514. The largest absolute Gasteiger partial charge is 0.465 e. The van der Waals surface area contributed by atoms with Gasteiger partial charge < -0.3 is 4.74 Å². The molecule has 2 nitrogen and oxygen atoms in total. The number of benzene rings is 2. The SMILES string of the molecule is COC(=O)c1cc(Cl)ccc1Sc1ccc(Br)cc1. The van der Waals surface area contributed by atoms with Crippen LogP contribution in [0.15, 0.2) is 56.7 Å². The van der Waals surface area contributed by atoms with Gasteiger partial charge in [0.15, 0.2) is 0 Å². The highest BCUT2D eigenvalue weighted by Gasteiger charge is 2.13. The minimum absolute atomic E-state index is 0.387. The summed E-state index contributed by atoms with van der Waals surface area (Å²) >= 11 is 10.8. The highest BCUT2D eigenvalue weighted by molar-refractivity contribution is 9.10. The average molecular weight is 358 g/mol. The number of rotatable bonds is 3. The van der Waals surface area contributed by atoms with Gasteiger partial charge in [-0.15, -0.1) is 0 Å².